The summed E-state index contributed by atoms with van der Waals surface area (Å²) in [6, 6.07) is 18.1. The molecule has 3 aliphatic rings. The van der Waals surface area contributed by atoms with E-state index in [9.17, 15) is 0 Å². The minimum absolute atomic E-state index is 0.0697. The van der Waals surface area contributed by atoms with Gasteiger partial charge in [0.2, 0.25) is 0 Å². The lowest BCUT2D eigenvalue weighted by Crippen LogP contribution is -2.45. The molecule has 1 nitrogen and oxygen atoms in total. The summed E-state index contributed by atoms with van der Waals surface area (Å²) in [5.41, 5.74) is 6.84. The maximum absolute atomic E-state index is 3.79. The number of rotatable bonds is 2. The van der Waals surface area contributed by atoms with Crippen LogP contribution < -0.4 is 5.32 Å². The van der Waals surface area contributed by atoms with E-state index in [0.29, 0.717) is 17.9 Å². The topological polar surface area (TPSA) is 12.0 Å². The van der Waals surface area contributed by atoms with Crippen molar-refractivity contribution in [3.63, 3.8) is 0 Å². The van der Waals surface area contributed by atoms with Crippen LogP contribution in [0.3, 0.4) is 0 Å². The molecule has 0 radical (unpaired) electrons. The fourth-order valence-electron chi connectivity index (χ4n) is 4.94. The smallest absolute Gasteiger partial charge is 0.0519 e. The highest BCUT2D eigenvalue weighted by atomic mass is 15.0. The van der Waals surface area contributed by atoms with Gasteiger partial charge < -0.3 is 5.32 Å². The predicted molar refractivity (Wildman–Crippen MR) is 120 cm³/mol. The van der Waals surface area contributed by atoms with Gasteiger partial charge in [-0.2, -0.15) is 0 Å². The molecule has 0 bridgehead atoms. The molecule has 0 saturated heterocycles. The van der Waals surface area contributed by atoms with Gasteiger partial charge in [0.05, 0.1) is 6.04 Å². The summed E-state index contributed by atoms with van der Waals surface area (Å²) in [5.74, 6) is 0.919. The zero-order chi connectivity index (χ0) is 19.1. The summed E-state index contributed by atoms with van der Waals surface area (Å²) in [6.45, 7) is 4.81. The van der Waals surface area contributed by atoms with Crippen LogP contribution in [0.1, 0.15) is 42.9 Å². The number of hydrogen-bond acceptors (Lipinski definition) is 1. The molecule has 0 fully saturated rings. The summed E-state index contributed by atoms with van der Waals surface area (Å²) in [5, 5.41) is 3.79. The average Bonchev–Trinajstić information content (AvgIpc) is 2.75. The average molecular weight is 366 g/mol. The van der Waals surface area contributed by atoms with Gasteiger partial charge in [0, 0.05) is 22.9 Å². The highest BCUT2D eigenvalue weighted by Gasteiger charge is 2.41. The summed E-state index contributed by atoms with van der Waals surface area (Å²) >= 11 is 0. The van der Waals surface area contributed by atoms with Crippen molar-refractivity contribution in [3.8, 4) is 0 Å². The third-order valence-electron chi connectivity index (χ3n) is 6.64. The maximum atomic E-state index is 3.79. The van der Waals surface area contributed by atoms with Crippen LogP contribution >= 0.6 is 0 Å². The zero-order valence-corrected chi connectivity index (χ0v) is 16.6. The largest absolute Gasteiger partial charge is 0.378 e. The van der Waals surface area contributed by atoms with E-state index in [1.165, 1.54) is 28.0 Å². The van der Waals surface area contributed by atoms with Gasteiger partial charge in [-0.15, -0.1) is 0 Å². The lowest BCUT2D eigenvalue weighted by atomic mass is 9.64. The molecule has 140 valence electrons. The van der Waals surface area contributed by atoms with Crippen LogP contribution in [-0.4, -0.2) is 6.04 Å². The van der Waals surface area contributed by atoms with Gasteiger partial charge in [0.15, 0.2) is 0 Å². The molecule has 0 spiro atoms. The Morgan fingerprint density at radius 1 is 0.964 bits per heavy atom. The second-order valence-corrected chi connectivity index (χ2v) is 8.73. The third kappa shape index (κ3) is 2.86. The van der Waals surface area contributed by atoms with Crippen LogP contribution in [0.15, 0.2) is 91.1 Å². The maximum Gasteiger partial charge on any atom is 0.0519 e. The van der Waals surface area contributed by atoms with Crippen molar-refractivity contribution in [2.24, 2.45) is 5.92 Å². The number of allylic oxidation sites excluding steroid dienone is 6. The molecule has 2 aromatic rings. The van der Waals surface area contributed by atoms with E-state index in [-0.39, 0.29) is 5.41 Å². The minimum Gasteiger partial charge on any atom is -0.378 e. The number of anilines is 1. The predicted octanol–water partition coefficient (Wildman–Crippen LogP) is 6.63. The molecule has 2 aliphatic carbocycles. The van der Waals surface area contributed by atoms with Gasteiger partial charge in [-0.3, -0.25) is 0 Å². The standard InChI is InChI=1S/C27H27N/c1-27(2)23-17-21(19-9-5-3-6-10-19)13-15-25(23)28-26-16-14-22(18-24(26)27)20-11-7-4-8-12-20/h3-11,13-18,20,23,25,28H,12H2,1-2H3. The Hall–Kier alpha value is -2.80. The van der Waals surface area contributed by atoms with Crippen LogP contribution in [0, 0.1) is 5.92 Å². The summed E-state index contributed by atoms with van der Waals surface area (Å²) in [6.07, 6.45) is 17.1. The van der Waals surface area contributed by atoms with Gasteiger partial charge in [0.25, 0.3) is 0 Å². The normalized spacial score (nSPS) is 26.8. The summed E-state index contributed by atoms with van der Waals surface area (Å²) < 4.78 is 0. The number of nitrogens with one attached hydrogen (secondary N) is 1. The van der Waals surface area contributed by atoms with Crippen molar-refractivity contribution in [2.45, 2.75) is 37.6 Å². The van der Waals surface area contributed by atoms with Gasteiger partial charge in [-0.1, -0.05) is 98.8 Å². The van der Waals surface area contributed by atoms with Gasteiger partial charge in [-0.05, 0) is 34.8 Å². The fourth-order valence-corrected chi connectivity index (χ4v) is 4.94. The van der Waals surface area contributed by atoms with Crippen LogP contribution in [0.4, 0.5) is 5.69 Å². The molecule has 28 heavy (non-hydrogen) atoms. The van der Waals surface area contributed by atoms with E-state index < -0.39 is 0 Å². The highest BCUT2D eigenvalue weighted by molar-refractivity contribution is 5.77. The second kappa shape index (κ2) is 6.67. The monoisotopic (exact) mass is 365 g/mol. The van der Waals surface area contributed by atoms with E-state index in [1.54, 1.807) is 0 Å². The van der Waals surface area contributed by atoms with Crippen molar-refractivity contribution in [1.82, 2.24) is 0 Å². The molecule has 1 heterocycles. The minimum atomic E-state index is 0.0697. The molecule has 0 aromatic heterocycles. The van der Waals surface area contributed by atoms with Crippen molar-refractivity contribution in [3.05, 3.63) is 108 Å². The Morgan fingerprint density at radius 2 is 1.82 bits per heavy atom. The first kappa shape index (κ1) is 17.3. The van der Waals surface area contributed by atoms with Crippen molar-refractivity contribution in [1.29, 1.82) is 0 Å². The van der Waals surface area contributed by atoms with E-state index in [0.717, 1.165) is 6.42 Å². The fraction of sp³-hybridized carbons (Fsp3) is 0.259. The third-order valence-corrected chi connectivity index (χ3v) is 6.64. The number of fused-ring (bicyclic) bond motifs is 2. The molecule has 0 saturated carbocycles. The van der Waals surface area contributed by atoms with E-state index in [2.05, 4.69) is 110 Å². The molecule has 1 heteroatoms. The SMILES string of the molecule is CC1(C)c2cc(C3C=CC=CC3)ccc2NC2C=CC(c3ccccc3)=CC21. The Balaban J connectivity index is 1.54. The molecule has 3 unspecified atom stereocenters. The first-order valence-electron chi connectivity index (χ1n) is 10.3. The number of benzene rings is 2. The first-order chi connectivity index (χ1) is 13.6. The van der Waals surface area contributed by atoms with Crippen LogP contribution in [-0.2, 0) is 5.41 Å². The van der Waals surface area contributed by atoms with Crippen LogP contribution in [0.25, 0.3) is 5.57 Å². The first-order valence-corrected chi connectivity index (χ1v) is 10.3. The zero-order valence-electron chi connectivity index (χ0n) is 16.6. The van der Waals surface area contributed by atoms with Crippen molar-refractivity contribution >= 4 is 11.3 Å². The summed E-state index contributed by atoms with van der Waals surface area (Å²) in [7, 11) is 0. The van der Waals surface area contributed by atoms with E-state index >= 15 is 0 Å². The van der Waals surface area contributed by atoms with Crippen molar-refractivity contribution < 1.29 is 0 Å². The molecule has 0 amide bonds. The molecular formula is C27H27N. The quantitative estimate of drug-likeness (QED) is 0.630. The molecule has 5 rings (SSSR count). The summed E-state index contributed by atoms with van der Waals surface area (Å²) in [4.78, 5) is 0. The Labute approximate surface area is 168 Å². The molecule has 2 aromatic carbocycles. The van der Waals surface area contributed by atoms with Gasteiger partial charge in [0.1, 0.15) is 0 Å². The lowest BCUT2D eigenvalue weighted by Gasteiger charge is -2.46. The lowest BCUT2D eigenvalue weighted by molar-refractivity contribution is 0.350. The molecule has 1 aliphatic heterocycles. The van der Waals surface area contributed by atoms with Gasteiger partial charge in [-0.25, -0.2) is 0 Å². The number of hydrogen-bond donors (Lipinski definition) is 1. The van der Waals surface area contributed by atoms with Crippen molar-refractivity contribution in [2.75, 3.05) is 5.32 Å². The molecule has 3 atom stereocenters. The second-order valence-electron chi connectivity index (χ2n) is 8.73. The highest BCUT2D eigenvalue weighted by Crippen LogP contribution is 2.47. The van der Waals surface area contributed by atoms with Crippen LogP contribution in [0.2, 0.25) is 0 Å². The van der Waals surface area contributed by atoms with E-state index in [4.69, 9.17) is 0 Å². The Bertz CT molecular complexity index is 1000. The molecular weight excluding hydrogens is 338 g/mol. The van der Waals surface area contributed by atoms with Gasteiger partial charge >= 0.3 is 0 Å². The molecule has 1 N–H and O–H groups in total. The Morgan fingerprint density at radius 3 is 2.61 bits per heavy atom. The van der Waals surface area contributed by atoms with E-state index in [1.807, 2.05) is 0 Å². The Kier molecular flexibility index (Phi) is 4.12. The van der Waals surface area contributed by atoms with Crippen LogP contribution in [0.5, 0.6) is 0 Å².